The van der Waals surface area contributed by atoms with Crippen LogP contribution in [0.25, 0.3) is 5.69 Å². The van der Waals surface area contributed by atoms with E-state index < -0.39 is 10.0 Å². The Labute approximate surface area is 193 Å². The summed E-state index contributed by atoms with van der Waals surface area (Å²) in [6.07, 6.45) is 4.52. The number of hydrogen-bond acceptors (Lipinski definition) is 5. The van der Waals surface area contributed by atoms with Crippen LogP contribution in [-0.4, -0.2) is 47.3 Å². The minimum absolute atomic E-state index is 0.0611. The van der Waals surface area contributed by atoms with Gasteiger partial charge in [0.2, 0.25) is 15.9 Å². The van der Waals surface area contributed by atoms with Gasteiger partial charge in [-0.05, 0) is 55.7 Å². The Morgan fingerprint density at radius 2 is 1.70 bits per heavy atom. The largest absolute Gasteiger partial charge is 0.352 e. The van der Waals surface area contributed by atoms with Gasteiger partial charge in [-0.15, -0.1) is 0 Å². The zero-order valence-electron chi connectivity index (χ0n) is 18.3. The maximum Gasteiger partial charge on any atom is 0.243 e. The Morgan fingerprint density at radius 3 is 2.27 bits per heavy atom. The summed E-state index contributed by atoms with van der Waals surface area (Å²) in [4.78, 5) is 24.2. The van der Waals surface area contributed by atoms with E-state index in [1.807, 2.05) is 36.5 Å². The summed E-state index contributed by atoms with van der Waals surface area (Å²) in [5.74, 6) is -0.395. The molecule has 33 heavy (non-hydrogen) atoms. The second kappa shape index (κ2) is 9.68. The molecule has 1 aliphatic rings. The molecule has 4 rings (SSSR count). The number of carbonyl (C=O) groups is 2. The maximum atomic E-state index is 12.9. The fraction of sp³-hybridized carbons (Fsp3) is 0.292. The first kappa shape index (κ1) is 22.9. The second-order valence-corrected chi connectivity index (χ2v) is 10.0. The topological polar surface area (TPSA) is 101 Å². The molecule has 0 aliphatic carbocycles. The maximum absolute atomic E-state index is 12.9. The molecule has 2 heterocycles. The molecule has 0 unspecified atom stereocenters. The molecule has 3 aromatic rings. The highest BCUT2D eigenvalue weighted by Crippen LogP contribution is 2.24. The molecule has 1 saturated heterocycles. The Bertz CT molecular complexity index is 1210. The van der Waals surface area contributed by atoms with Crippen LogP contribution in [0.3, 0.4) is 0 Å². The summed E-state index contributed by atoms with van der Waals surface area (Å²) >= 11 is 0. The van der Waals surface area contributed by atoms with Gasteiger partial charge in [0.25, 0.3) is 0 Å². The number of amides is 1. The number of hydrogen-bond donors (Lipinski definition) is 1. The van der Waals surface area contributed by atoms with Gasteiger partial charge in [-0.3, -0.25) is 9.59 Å². The van der Waals surface area contributed by atoms with Crippen LogP contribution in [-0.2, 0) is 21.4 Å². The standard InChI is InChI=1S/C24H26N4O4S/c1-18(29)20-5-9-23(10-6-20)33(31,32)27-15-11-21(12-16-27)24(30)25-17-19-3-7-22(8-4-19)28-14-2-13-26-28/h2-10,13-14,21H,11-12,15-17H2,1H3,(H,25,30). The van der Waals surface area contributed by atoms with Gasteiger partial charge in [0.1, 0.15) is 0 Å². The Balaban J connectivity index is 1.29. The van der Waals surface area contributed by atoms with E-state index in [9.17, 15) is 18.0 Å². The van der Waals surface area contributed by atoms with E-state index >= 15 is 0 Å². The number of Topliss-reactive ketones (excluding diaryl/α,β-unsaturated/α-hetero) is 1. The lowest BCUT2D eigenvalue weighted by Crippen LogP contribution is -2.42. The number of nitrogens with zero attached hydrogens (tertiary/aromatic N) is 3. The second-order valence-electron chi connectivity index (χ2n) is 8.09. The fourth-order valence-electron chi connectivity index (χ4n) is 3.89. The highest BCUT2D eigenvalue weighted by molar-refractivity contribution is 7.89. The van der Waals surface area contributed by atoms with E-state index in [2.05, 4.69) is 10.4 Å². The van der Waals surface area contributed by atoms with E-state index in [0.29, 0.717) is 24.9 Å². The van der Waals surface area contributed by atoms with Crippen molar-refractivity contribution in [2.75, 3.05) is 13.1 Å². The smallest absolute Gasteiger partial charge is 0.243 e. The first-order valence-electron chi connectivity index (χ1n) is 10.8. The number of aromatic nitrogens is 2. The van der Waals surface area contributed by atoms with Crippen molar-refractivity contribution in [3.63, 3.8) is 0 Å². The van der Waals surface area contributed by atoms with Crippen molar-refractivity contribution in [2.45, 2.75) is 31.2 Å². The van der Waals surface area contributed by atoms with Crippen LogP contribution in [0.5, 0.6) is 0 Å². The molecule has 0 radical (unpaired) electrons. The molecule has 0 saturated carbocycles. The number of ketones is 1. The quantitative estimate of drug-likeness (QED) is 0.540. The molecule has 0 spiro atoms. The number of carbonyl (C=O) groups excluding carboxylic acids is 2. The van der Waals surface area contributed by atoms with E-state index in [0.717, 1.165) is 11.3 Å². The highest BCUT2D eigenvalue weighted by atomic mass is 32.2. The van der Waals surface area contributed by atoms with Crippen LogP contribution in [0, 0.1) is 5.92 Å². The monoisotopic (exact) mass is 466 g/mol. The van der Waals surface area contributed by atoms with Gasteiger partial charge in [0.15, 0.2) is 5.78 Å². The summed E-state index contributed by atoms with van der Waals surface area (Å²) in [5, 5.41) is 7.16. The van der Waals surface area contributed by atoms with E-state index in [1.54, 1.807) is 10.9 Å². The van der Waals surface area contributed by atoms with Crippen LogP contribution in [0.4, 0.5) is 0 Å². The summed E-state index contributed by atoms with van der Waals surface area (Å²) < 4.78 is 29.0. The van der Waals surface area contributed by atoms with Gasteiger partial charge in [-0.1, -0.05) is 24.3 Å². The minimum Gasteiger partial charge on any atom is -0.352 e. The van der Waals surface area contributed by atoms with Crippen LogP contribution in [0.1, 0.15) is 35.7 Å². The summed E-state index contributed by atoms with van der Waals surface area (Å²) in [6, 6.07) is 15.6. The lowest BCUT2D eigenvalue weighted by atomic mass is 9.97. The predicted octanol–water partition coefficient (Wildman–Crippen LogP) is 2.79. The van der Waals surface area contributed by atoms with Crippen molar-refractivity contribution >= 4 is 21.7 Å². The molecule has 1 aromatic heterocycles. The van der Waals surface area contributed by atoms with Gasteiger partial charge >= 0.3 is 0 Å². The summed E-state index contributed by atoms with van der Waals surface area (Å²) in [5.41, 5.74) is 2.40. The molecule has 0 bridgehead atoms. The molecule has 9 heteroatoms. The molecular formula is C24H26N4O4S. The van der Waals surface area contributed by atoms with Gasteiger partial charge in [-0.2, -0.15) is 9.40 Å². The lowest BCUT2D eigenvalue weighted by Gasteiger charge is -2.30. The van der Waals surface area contributed by atoms with Crippen molar-refractivity contribution in [3.8, 4) is 5.69 Å². The van der Waals surface area contributed by atoms with Gasteiger partial charge in [-0.25, -0.2) is 13.1 Å². The van der Waals surface area contributed by atoms with Crippen molar-refractivity contribution in [2.24, 2.45) is 5.92 Å². The van der Waals surface area contributed by atoms with Gasteiger partial charge in [0.05, 0.1) is 10.6 Å². The zero-order chi connectivity index (χ0) is 23.4. The third kappa shape index (κ3) is 5.20. The zero-order valence-corrected chi connectivity index (χ0v) is 19.2. The lowest BCUT2D eigenvalue weighted by molar-refractivity contribution is -0.126. The molecule has 8 nitrogen and oxygen atoms in total. The van der Waals surface area contributed by atoms with Crippen LogP contribution >= 0.6 is 0 Å². The van der Waals surface area contributed by atoms with Gasteiger partial charge in [0, 0.05) is 43.5 Å². The number of piperidine rings is 1. The van der Waals surface area contributed by atoms with Crippen molar-refractivity contribution in [1.29, 1.82) is 0 Å². The Morgan fingerprint density at radius 1 is 1.03 bits per heavy atom. The minimum atomic E-state index is -3.65. The third-order valence-electron chi connectivity index (χ3n) is 5.90. The molecule has 2 aromatic carbocycles. The fourth-order valence-corrected chi connectivity index (χ4v) is 5.36. The van der Waals surface area contributed by atoms with E-state index in [4.69, 9.17) is 0 Å². The van der Waals surface area contributed by atoms with Gasteiger partial charge < -0.3 is 5.32 Å². The molecule has 1 fully saturated rings. The van der Waals surface area contributed by atoms with Crippen LogP contribution in [0.15, 0.2) is 71.9 Å². The molecule has 1 N–H and O–H groups in total. The number of nitrogens with one attached hydrogen (secondary N) is 1. The van der Waals surface area contributed by atoms with E-state index in [1.165, 1.54) is 35.5 Å². The van der Waals surface area contributed by atoms with Crippen LogP contribution in [0.2, 0.25) is 0 Å². The Kier molecular flexibility index (Phi) is 6.71. The molecule has 172 valence electrons. The SMILES string of the molecule is CC(=O)c1ccc(S(=O)(=O)N2CCC(C(=O)NCc3ccc(-n4cccn4)cc3)CC2)cc1. The Hall–Kier alpha value is -3.30. The first-order chi connectivity index (χ1) is 15.8. The van der Waals surface area contributed by atoms with Crippen molar-refractivity contribution < 1.29 is 18.0 Å². The number of sulfonamides is 1. The molecule has 1 aliphatic heterocycles. The predicted molar refractivity (Wildman–Crippen MR) is 123 cm³/mol. The molecular weight excluding hydrogens is 440 g/mol. The first-order valence-corrected chi connectivity index (χ1v) is 12.3. The molecule has 1 amide bonds. The molecule has 0 atom stereocenters. The third-order valence-corrected chi connectivity index (χ3v) is 7.81. The normalized spacial score (nSPS) is 15.3. The average Bonchev–Trinajstić information content (AvgIpc) is 3.38. The number of rotatable bonds is 7. The highest BCUT2D eigenvalue weighted by Gasteiger charge is 2.32. The summed E-state index contributed by atoms with van der Waals surface area (Å²) in [6.45, 7) is 2.43. The van der Waals surface area contributed by atoms with Crippen molar-refractivity contribution in [3.05, 3.63) is 78.1 Å². The number of benzene rings is 2. The van der Waals surface area contributed by atoms with Crippen molar-refractivity contribution in [1.82, 2.24) is 19.4 Å². The van der Waals surface area contributed by atoms with E-state index in [-0.39, 0.29) is 35.6 Å². The average molecular weight is 467 g/mol. The van der Waals surface area contributed by atoms with Crippen LogP contribution < -0.4 is 5.32 Å². The summed E-state index contributed by atoms with van der Waals surface area (Å²) in [7, 11) is -3.65.